The minimum absolute atomic E-state index is 0.156. The number of hydrogen-bond donors (Lipinski definition) is 1. The number of hydrogen-bond acceptors (Lipinski definition) is 2. The van der Waals surface area contributed by atoms with Crippen molar-refractivity contribution < 1.29 is 13.6 Å². The van der Waals surface area contributed by atoms with Gasteiger partial charge in [-0.1, -0.05) is 25.0 Å². The van der Waals surface area contributed by atoms with Crippen LogP contribution in [0.5, 0.6) is 0 Å². The maximum Gasteiger partial charge on any atom is 0.272 e. The van der Waals surface area contributed by atoms with E-state index in [1.807, 2.05) is 11.0 Å². The summed E-state index contributed by atoms with van der Waals surface area (Å²) in [5, 5.41) is 7.02. The molecule has 4 nitrogen and oxygen atoms in total. The third-order valence-corrected chi connectivity index (χ3v) is 5.20. The molecule has 2 heterocycles. The first-order valence-corrected chi connectivity index (χ1v) is 9.49. The van der Waals surface area contributed by atoms with Crippen LogP contribution in [0, 0.1) is 11.6 Å². The molecule has 1 N–H and O–H groups in total. The molecule has 0 spiro atoms. The first kappa shape index (κ1) is 18.3. The first-order valence-electron chi connectivity index (χ1n) is 9.49. The second kappa shape index (κ2) is 7.92. The molecular formula is C22H21F2N3O. The van der Waals surface area contributed by atoms with Crippen molar-refractivity contribution in [1.29, 1.82) is 0 Å². The number of nitrogens with zero attached hydrogens (tertiary/aromatic N) is 2. The van der Waals surface area contributed by atoms with E-state index < -0.39 is 0 Å². The first-order chi connectivity index (χ1) is 13.6. The van der Waals surface area contributed by atoms with Crippen LogP contribution in [0.2, 0.25) is 0 Å². The van der Waals surface area contributed by atoms with E-state index in [9.17, 15) is 13.6 Å². The summed E-state index contributed by atoms with van der Waals surface area (Å²) in [6, 6.07) is 14.0. The van der Waals surface area contributed by atoms with Gasteiger partial charge in [-0.3, -0.25) is 9.89 Å². The summed E-state index contributed by atoms with van der Waals surface area (Å²) in [6.07, 6.45) is 3.75. The normalized spacial score (nSPS) is 17.4. The number of amides is 1. The van der Waals surface area contributed by atoms with Crippen molar-refractivity contribution in [3.8, 4) is 11.3 Å². The Bertz CT molecular complexity index is 968. The molecule has 1 aliphatic rings. The van der Waals surface area contributed by atoms with Gasteiger partial charge in [0.25, 0.3) is 5.91 Å². The zero-order chi connectivity index (χ0) is 19.5. The van der Waals surface area contributed by atoms with Gasteiger partial charge in [0.05, 0.1) is 11.7 Å². The molecule has 0 aliphatic carbocycles. The van der Waals surface area contributed by atoms with Crippen molar-refractivity contribution in [2.45, 2.75) is 31.7 Å². The van der Waals surface area contributed by atoms with Crippen LogP contribution in [0.3, 0.4) is 0 Å². The van der Waals surface area contributed by atoms with Crippen LogP contribution in [-0.2, 0) is 0 Å². The lowest BCUT2D eigenvalue weighted by Crippen LogP contribution is -2.35. The van der Waals surface area contributed by atoms with Gasteiger partial charge >= 0.3 is 0 Å². The molecule has 1 aromatic heterocycles. The Labute approximate surface area is 162 Å². The Morgan fingerprint density at radius 2 is 1.82 bits per heavy atom. The Morgan fingerprint density at radius 3 is 2.61 bits per heavy atom. The molecule has 1 amide bonds. The van der Waals surface area contributed by atoms with E-state index in [0.717, 1.165) is 36.8 Å². The van der Waals surface area contributed by atoms with Gasteiger partial charge in [-0.2, -0.15) is 5.10 Å². The fraction of sp³-hybridized carbons (Fsp3) is 0.273. The van der Waals surface area contributed by atoms with Gasteiger partial charge < -0.3 is 4.90 Å². The molecule has 1 aliphatic heterocycles. The molecule has 6 heteroatoms. The number of carbonyl (C=O) groups excluding carboxylic acids is 1. The van der Waals surface area contributed by atoms with E-state index in [1.165, 1.54) is 24.3 Å². The fourth-order valence-corrected chi connectivity index (χ4v) is 3.77. The Kier molecular flexibility index (Phi) is 5.19. The number of benzene rings is 2. The van der Waals surface area contributed by atoms with E-state index in [-0.39, 0.29) is 23.6 Å². The van der Waals surface area contributed by atoms with Crippen molar-refractivity contribution >= 4 is 5.91 Å². The van der Waals surface area contributed by atoms with Crippen LogP contribution >= 0.6 is 0 Å². The summed E-state index contributed by atoms with van der Waals surface area (Å²) >= 11 is 0. The number of halogens is 2. The highest BCUT2D eigenvalue weighted by Gasteiger charge is 2.29. The maximum atomic E-state index is 13.7. The minimum atomic E-state index is -0.321. The van der Waals surface area contributed by atoms with Crippen molar-refractivity contribution in [1.82, 2.24) is 15.1 Å². The van der Waals surface area contributed by atoms with Crippen LogP contribution in [0.1, 0.15) is 47.8 Å². The van der Waals surface area contributed by atoms with Crippen molar-refractivity contribution in [3.63, 3.8) is 0 Å². The van der Waals surface area contributed by atoms with Gasteiger partial charge in [-0.25, -0.2) is 8.78 Å². The monoisotopic (exact) mass is 381 g/mol. The van der Waals surface area contributed by atoms with E-state index in [4.69, 9.17) is 0 Å². The summed E-state index contributed by atoms with van der Waals surface area (Å²) < 4.78 is 26.9. The number of carbonyl (C=O) groups is 1. The second-order valence-corrected chi connectivity index (χ2v) is 7.09. The number of rotatable bonds is 3. The Morgan fingerprint density at radius 1 is 1.00 bits per heavy atom. The van der Waals surface area contributed by atoms with E-state index in [2.05, 4.69) is 10.2 Å². The molecule has 1 atom stereocenters. The quantitative estimate of drug-likeness (QED) is 0.685. The molecule has 2 aromatic carbocycles. The molecule has 4 rings (SSSR count). The summed E-state index contributed by atoms with van der Waals surface area (Å²) in [6.45, 7) is 0.616. The summed E-state index contributed by atoms with van der Waals surface area (Å²) in [7, 11) is 0. The number of likely N-dealkylation sites (tertiary alicyclic amines) is 1. The van der Waals surface area contributed by atoms with E-state index in [0.29, 0.717) is 17.9 Å². The molecule has 1 fully saturated rings. The van der Waals surface area contributed by atoms with Gasteiger partial charge in [-0.15, -0.1) is 0 Å². The molecule has 0 radical (unpaired) electrons. The number of nitrogens with one attached hydrogen (secondary N) is 1. The van der Waals surface area contributed by atoms with Crippen molar-refractivity contribution in [2.24, 2.45) is 0 Å². The van der Waals surface area contributed by atoms with Crippen LogP contribution in [0.25, 0.3) is 11.3 Å². The summed E-state index contributed by atoms with van der Waals surface area (Å²) in [5.74, 6) is -0.774. The maximum absolute atomic E-state index is 13.7. The summed E-state index contributed by atoms with van der Waals surface area (Å²) in [5.41, 5.74) is 2.51. The highest BCUT2D eigenvalue weighted by Crippen LogP contribution is 2.32. The van der Waals surface area contributed by atoms with Gasteiger partial charge in [0, 0.05) is 12.1 Å². The zero-order valence-electron chi connectivity index (χ0n) is 15.4. The van der Waals surface area contributed by atoms with Crippen LogP contribution in [0.4, 0.5) is 8.78 Å². The van der Waals surface area contributed by atoms with E-state index >= 15 is 0 Å². The summed E-state index contributed by atoms with van der Waals surface area (Å²) in [4.78, 5) is 15.0. The third kappa shape index (κ3) is 3.81. The number of aromatic amines is 1. The van der Waals surface area contributed by atoms with Gasteiger partial charge in [0.2, 0.25) is 0 Å². The minimum Gasteiger partial charge on any atom is -0.330 e. The molecule has 1 unspecified atom stereocenters. The molecule has 0 bridgehead atoms. The lowest BCUT2D eigenvalue weighted by atomic mass is 10.0. The Balaban J connectivity index is 1.62. The second-order valence-electron chi connectivity index (χ2n) is 7.09. The standard InChI is InChI=1S/C22H21F2N3O/c23-17-10-8-15(9-11-17)19-14-20(26-25-19)22(28)27-12-3-1-2-7-21(27)16-5-4-6-18(24)13-16/h4-6,8-11,13-14,21H,1-3,7,12H2,(H,25,26). The Hall–Kier alpha value is -3.02. The topological polar surface area (TPSA) is 49.0 Å². The molecule has 0 saturated carbocycles. The fourth-order valence-electron chi connectivity index (χ4n) is 3.77. The van der Waals surface area contributed by atoms with Crippen LogP contribution in [-0.4, -0.2) is 27.5 Å². The lowest BCUT2D eigenvalue weighted by Gasteiger charge is -2.30. The third-order valence-electron chi connectivity index (χ3n) is 5.20. The average Bonchev–Trinajstić information content (AvgIpc) is 3.06. The molecule has 3 aromatic rings. The highest BCUT2D eigenvalue weighted by atomic mass is 19.1. The largest absolute Gasteiger partial charge is 0.330 e. The van der Waals surface area contributed by atoms with Crippen LogP contribution in [0.15, 0.2) is 54.6 Å². The van der Waals surface area contributed by atoms with E-state index in [1.54, 1.807) is 24.3 Å². The number of H-pyrrole nitrogens is 1. The van der Waals surface area contributed by atoms with Crippen molar-refractivity contribution in [2.75, 3.05) is 6.54 Å². The SMILES string of the molecule is O=C(c1cc(-c2ccc(F)cc2)n[nH]1)N1CCCCCC1c1cccc(F)c1. The molecule has 28 heavy (non-hydrogen) atoms. The average molecular weight is 381 g/mol. The van der Waals surface area contributed by atoms with Crippen molar-refractivity contribution in [3.05, 3.63) is 77.5 Å². The van der Waals surface area contributed by atoms with Crippen LogP contribution < -0.4 is 0 Å². The zero-order valence-corrected chi connectivity index (χ0v) is 15.4. The lowest BCUT2D eigenvalue weighted by molar-refractivity contribution is 0.0674. The predicted octanol–water partition coefficient (Wildman–Crippen LogP) is 5.11. The van der Waals surface area contributed by atoms with Gasteiger partial charge in [-0.05, 0) is 60.9 Å². The highest BCUT2D eigenvalue weighted by molar-refractivity contribution is 5.93. The van der Waals surface area contributed by atoms with Gasteiger partial charge in [0.15, 0.2) is 0 Å². The predicted molar refractivity (Wildman–Crippen MR) is 103 cm³/mol. The molecule has 1 saturated heterocycles. The number of aromatic nitrogens is 2. The molecule has 144 valence electrons. The van der Waals surface area contributed by atoms with Gasteiger partial charge in [0.1, 0.15) is 17.3 Å². The molecular weight excluding hydrogens is 360 g/mol. The smallest absolute Gasteiger partial charge is 0.272 e.